The molecule has 4 rings (SSSR count). The lowest BCUT2D eigenvalue weighted by molar-refractivity contribution is 0.0729. The Balaban J connectivity index is 1.58. The highest BCUT2D eigenvalue weighted by Gasteiger charge is 2.31. The molecule has 6 nitrogen and oxygen atoms in total. The minimum Gasteiger partial charge on any atom is -0.497 e. The van der Waals surface area contributed by atoms with Crippen molar-refractivity contribution in [2.24, 2.45) is 0 Å². The average molecular weight is 348 g/mol. The Morgan fingerprint density at radius 1 is 1.27 bits per heavy atom. The van der Waals surface area contributed by atoms with Crippen LogP contribution < -0.4 is 4.74 Å². The van der Waals surface area contributed by atoms with Crippen LogP contribution in [0.5, 0.6) is 5.75 Å². The lowest BCUT2D eigenvalue weighted by Gasteiger charge is -2.24. The maximum Gasteiger partial charge on any atom is 0.272 e. The van der Waals surface area contributed by atoms with E-state index >= 15 is 0 Å². The second-order valence-electron chi connectivity index (χ2n) is 6.34. The fourth-order valence-corrected chi connectivity index (χ4v) is 3.45. The number of H-pyrrole nitrogens is 1. The topological polar surface area (TPSA) is 71.1 Å². The van der Waals surface area contributed by atoms with Crippen molar-refractivity contribution in [2.45, 2.75) is 18.9 Å². The number of hydrogen-bond donors (Lipinski definition) is 1. The van der Waals surface area contributed by atoms with Crippen LogP contribution in [0.4, 0.5) is 0 Å². The van der Waals surface area contributed by atoms with Crippen LogP contribution in [0.2, 0.25) is 0 Å². The van der Waals surface area contributed by atoms with Gasteiger partial charge in [-0.25, -0.2) is 0 Å². The van der Waals surface area contributed by atoms with E-state index in [4.69, 9.17) is 4.74 Å². The number of amides is 1. The summed E-state index contributed by atoms with van der Waals surface area (Å²) in [6.45, 7) is 0.742. The molecular weight excluding hydrogens is 328 g/mol. The summed E-state index contributed by atoms with van der Waals surface area (Å²) >= 11 is 0. The van der Waals surface area contributed by atoms with Crippen LogP contribution in [-0.2, 0) is 0 Å². The van der Waals surface area contributed by atoms with Gasteiger partial charge in [0, 0.05) is 24.5 Å². The Morgan fingerprint density at radius 3 is 3.00 bits per heavy atom. The molecule has 6 heteroatoms. The van der Waals surface area contributed by atoms with Crippen LogP contribution in [0, 0.1) is 0 Å². The molecule has 1 saturated heterocycles. The van der Waals surface area contributed by atoms with Crippen LogP contribution in [0.15, 0.2) is 54.9 Å². The van der Waals surface area contributed by atoms with Gasteiger partial charge in [-0.1, -0.05) is 18.2 Å². The lowest BCUT2D eigenvalue weighted by Crippen LogP contribution is -2.30. The van der Waals surface area contributed by atoms with Gasteiger partial charge in [0.1, 0.15) is 11.4 Å². The second-order valence-corrected chi connectivity index (χ2v) is 6.34. The Hall–Kier alpha value is -3.15. The third kappa shape index (κ3) is 3.06. The standard InChI is InChI=1S/C20H20N4O2/c1-26-16-7-2-5-14(11-16)17-12-18(23-22-17)20(25)24-10-4-8-19(24)15-6-3-9-21-13-15/h2-3,5-7,9,11-13,19H,4,8,10H2,1H3,(H,22,23). The monoisotopic (exact) mass is 348 g/mol. The van der Waals surface area contributed by atoms with E-state index < -0.39 is 0 Å². The molecule has 132 valence electrons. The Labute approximate surface area is 151 Å². The normalized spacial score (nSPS) is 16.7. The highest BCUT2D eigenvalue weighted by atomic mass is 16.5. The first-order valence-electron chi connectivity index (χ1n) is 8.67. The number of pyridine rings is 1. The van der Waals surface area contributed by atoms with Gasteiger partial charge in [0.2, 0.25) is 0 Å². The number of aromatic nitrogens is 3. The van der Waals surface area contributed by atoms with Gasteiger partial charge in [-0.3, -0.25) is 14.9 Å². The number of benzene rings is 1. The highest BCUT2D eigenvalue weighted by molar-refractivity contribution is 5.94. The van der Waals surface area contributed by atoms with E-state index in [0.717, 1.165) is 42.0 Å². The number of nitrogens with zero attached hydrogens (tertiary/aromatic N) is 3. The van der Waals surface area contributed by atoms with Crippen molar-refractivity contribution in [3.63, 3.8) is 0 Å². The maximum atomic E-state index is 13.0. The fourth-order valence-electron chi connectivity index (χ4n) is 3.45. The summed E-state index contributed by atoms with van der Waals surface area (Å²) in [5.41, 5.74) is 3.21. The molecule has 3 aromatic rings. The molecule has 1 amide bonds. The van der Waals surface area contributed by atoms with Gasteiger partial charge >= 0.3 is 0 Å². The molecule has 0 aliphatic carbocycles. The molecule has 1 aliphatic heterocycles. The van der Waals surface area contributed by atoms with Crippen molar-refractivity contribution in [2.75, 3.05) is 13.7 Å². The first-order chi connectivity index (χ1) is 12.8. The van der Waals surface area contributed by atoms with Crippen LogP contribution in [0.3, 0.4) is 0 Å². The molecule has 0 spiro atoms. The number of carbonyl (C=O) groups is 1. The number of ether oxygens (including phenoxy) is 1. The van der Waals surface area contributed by atoms with Crippen molar-refractivity contribution in [1.29, 1.82) is 0 Å². The first kappa shape index (κ1) is 16.3. The summed E-state index contributed by atoms with van der Waals surface area (Å²) in [7, 11) is 1.63. The zero-order valence-corrected chi connectivity index (χ0v) is 14.6. The molecule has 1 aliphatic rings. The number of aromatic amines is 1. The van der Waals surface area contributed by atoms with E-state index in [1.54, 1.807) is 19.4 Å². The molecule has 1 aromatic carbocycles. The Kier molecular flexibility index (Phi) is 4.39. The van der Waals surface area contributed by atoms with Crippen molar-refractivity contribution in [3.05, 3.63) is 66.1 Å². The smallest absolute Gasteiger partial charge is 0.272 e. The minimum atomic E-state index is -0.0296. The van der Waals surface area contributed by atoms with E-state index in [9.17, 15) is 4.79 Å². The molecule has 1 atom stereocenters. The molecule has 0 radical (unpaired) electrons. The zero-order valence-electron chi connectivity index (χ0n) is 14.6. The molecule has 0 saturated carbocycles. The van der Waals surface area contributed by atoms with Gasteiger partial charge in [-0.05, 0) is 42.7 Å². The fraction of sp³-hybridized carbons (Fsp3) is 0.250. The van der Waals surface area contributed by atoms with Gasteiger partial charge in [-0.2, -0.15) is 5.10 Å². The van der Waals surface area contributed by atoms with Crippen LogP contribution in [-0.4, -0.2) is 39.6 Å². The molecule has 1 unspecified atom stereocenters. The van der Waals surface area contributed by atoms with E-state index in [-0.39, 0.29) is 11.9 Å². The Morgan fingerprint density at radius 2 is 2.19 bits per heavy atom. The van der Waals surface area contributed by atoms with Gasteiger partial charge in [0.05, 0.1) is 18.8 Å². The third-order valence-electron chi connectivity index (χ3n) is 4.76. The summed E-state index contributed by atoms with van der Waals surface area (Å²) < 4.78 is 5.26. The van der Waals surface area contributed by atoms with Crippen LogP contribution in [0.25, 0.3) is 11.3 Å². The molecule has 1 fully saturated rings. The van der Waals surface area contributed by atoms with Gasteiger partial charge < -0.3 is 9.64 Å². The third-order valence-corrected chi connectivity index (χ3v) is 4.76. The first-order valence-corrected chi connectivity index (χ1v) is 8.67. The molecule has 26 heavy (non-hydrogen) atoms. The van der Waals surface area contributed by atoms with E-state index in [1.165, 1.54) is 0 Å². The summed E-state index contributed by atoms with van der Waals surface area (Å²) in [5, 5.41) is 7.20. The van der Waals surface area contributed by atoms with Gasteiger partial charge in [0.25, 0.3) is 5.91 Å². The number of nitrogens with one attached hydrogen (secondary N) is 1. The molecule has 1 N–H and O–H groups in total. The van der Waals surface area contributed by atoms with Crippen molar-refractivity contribution in [1.82, 2.24) is 20.1 Å². The Bertz CT molecular complexity index is 907. The van der Waals surface area contributed by atoms with E-state index in [1.807, 2.05) is 47.5 Å². The number of carbonyl (C=O) groups excluding carboxylic acids is 1. The number of rotatable bonds is 4. The zero-order chi connectivity index (χ0) is 17.9. The maximum absolute atomic E-state index is 13.0. The molecular formula is C20H20N4O2. The summed E-state index contributed by atoms with van der Waals surface area (Å²) in [6, 6.07) is 13.4. The minimum absolute atomic E-state index is 0.0296. The predicted molar refractivity (Wildman–Crippen MR) is 97.8 cm³/mol. The SMILES string of the molecule is COc1cccc(-c2cc(C(=O)N3CCCC3c3cccnc3)[nH]n2)c1. The van der Waals surface area contributed by atoms with Crippen molar-refractivity contribution in [3.8, 4) is 17.0 Å². The number of likely N-dealkylation sites (tertiary alicyclic amines) is 1. The molecule has 3 heterocycles. The van der Waals surface area contributed by atoms with E-state index in [2.05, 4.69) is 15.2 Å². The predicted octanol–water partition coefficient (Wildman–Crippen LogP) is 3.46. The van der Waals surface area contributed by atoms with Crippen molar-refractivity contribution < 1.29 is 9.53 Å². The van der Waals surface area contributed by atoms with E-state index in [0.29, 0.717) is 5.69 Å². The number of hydrogen-bond acceptors (Lipinski definition) is 4. The molecule has 0 bridgehead atoms. The van der Waals surface area contributed by atoms with Crippen LogP contribution >= 0.6 is 0 Å². The summed E-state index contributed by atoms with van der Waals surface area (Å²) in [5.74, 6) is 0.729. The average Bonchev–Trinajstić information content (AvgIpc) is 3.38. The van der Waals surface area contributed by atoms with Crippen LogP contribution in [0.1, 0.15) is 34.9 Å². The summed E-state index contributed by atoms with van der Waals surface area (Å²) in [6.07, 6.45) is 5.53. The van der Waals surface area contributed by atoms with Gasteiger partial charge in [0.15, 0.2) is 0 Å². The number of methoxy groups -OCH3 is 1. The highest BCUT2D eigenvalue weighted by Crippen LogP contribution is 2.33. The summed E-state index contributed by atoms with van der Waals surface area (Å²) in [4.78, 5) is 19.1. The largest absolute Gasteiger partial charge is 0.497 e. The quantitative estimate of drug-likeness (QED) is 0.784. The van der Waals surface area contributed by atoms with Gasteiger partial charge in [-0.15, -0.1) is 0 Å². The van der Waals surface area contributed by atoms with Crippen molar-refractivity contribution >= 4 is 5.91 Å². The second kappa shape index (κ2) is 7.00. The lowest BCUT2D eigenvalue weighted by atomic mass is 10.1. The molecule has 2 aromatic heterocycles.